The summed E-state index contributed by atoms with van der Waals surface area (Å²) in [5.74, 6) is -0.713. The molecule has 1 fully saturated rings. The molecule has 1 aliphatic rings. The molecule has 2 aromatic rings. The van der Waals surface area contributed by atoms with Crippen LogP contribution in [-0.4, -0.2) is 33.5 Å². The zero-order chi connectivity index (χ0) is 23.5. The van der Waals surface area contributed by atoms with Gasteiger partial charge in [-0.3, -0.25) is 4.79 Å². The molecule has 9 heteroatoms. The molecule has 1 aromatic carbocycles. The number of carbonyl (C=O) groups is 1. The van der Waals surface area contributed by atoms with Gasteiger partial charge in [-0.2, -0.15) is 0 Å². The predicted octanol–water partition coefficient (Wildman–Crippen LogP) is 5.63. The van der Waals surface area contributed by atoms with Gasteiger partial charge in [-0.05, 0) is 31.0 Å². The Kier molecular flexibility index (Phi) is 7.26. The van der Waals surface area contributed by atoms with Crippen LogP contribution < -0.4 is 4.74 Å². The van der Waals surface area contributed by atoms with Gasteiger partial charge in [0.25, 0.3) is 5.91 Å². The molecule has 1 aromatic heterocycles. The molecule has 1 aliphatic heterocycles. The number of rotatable bonds is 6. The van der Waals surface area contributed by atoms with Crippen LogP contribution in [0.1, 0.15) is 32.4 Å². The van der Waals surface area contributed by atoms with Crippen molar-refractivity contribution in [3.05, 3.63) is 70.5 Å². The van der Waals surface area contributed by atoms with E-state index in [-0.39, 0.29) is 28.7 Å². The zero-order valence-corrected chi connectivity index (χ0v) is 18.2. The van der Waals surface area contributed by atoms with E-state index in [0.717, 1.165) is 0 Å². The first kappa shape index (κ1) is 23.8. The molecule has 1 N–H and O–H groups in total. The first-order valence-corrected chi connectivity index (χ1v) is 10.4. The lowest BCUT2D eigenvalue weighted by atomic mass is 10.1. The minimum absolute atomic E-state index is 0.0111. The molecule has 32 heavy (non-hydrogen) atoms. The molecule has 0 saturated carbocycles. The van der Waals surface area contributed by atoms with Gasteiger partial charge >= 0.3 is 6.36 Å². The lowest BCUT2D eigenvalue weighted by Crippen LogP contribution is -2.33. The fourth-order valence-electron chi connectivity index (χ4n) is 3.54. The maximum Gasteiger partial charge on any atom is 0.573 e. The summed E-state index contributed by atoms with van der Waals surface area (Å²) in [6, 6.07) is 8.68. The van der Waals surface area contributed by atoms with Crippen LogP contribution in [0.25, 0.3) is 11.1 Å². The van der Waals surface area contributed by atoms with Crippen LogP contribution in [-0.2, 0) is 11.3 Å². The van der Waals surface area contributed by atoms with Crippen molar-refractivity contribution in [1.29, 1.82) is 0 Å². The number of ether oxygens (including phenoxy) is 1. The highest BCUT2D eigenvalue weighted by Crippen LogP contribution is 2.37. The van der Waals surface area contributed by atoms with Gasteiger partial charge in [-0.15, -0.1) is 13.2 Å². The Hall–Kier alpha value is -2.84. The molecule has 0 radical (unpaired) electrons. The highest BCUT2D eigenvalue weighted by molar-refractivity contribution is 6.32. The van der Waals surface area contributed by atoms with E-state index < -0.39 is 18.3 Å². The Balaban J connectivity index is 1.90. The van der Waals surface area contributed by atoms with Gasteiger partial charge in [0, 0.05) is 22.3 Å². The summed E-state index contributed by atoms with van der Waals surface area (Å²) in [5.41, 5.74) is 1.78. The van der Waals surface area contributed by atoms with Gasteiger partial charge in [-0.25, -0.2) is 4.98 Å². The minimum Gasteiger partial charge on any atom is -0.405 e. The molecule has 0 bridgehead atoms. The Labute approximate surface area is 188 Å². The standard InChI is InChI=1S/C23H22ClF3N2O3/c1-3-7-17-18(8-4-2)22(31)29(21(17)30)13-14-11-12-16(20(24)28-14)15-9-5-6-10-19(15)32-23(25,26)27/h5-12,21,30H,3-4,13H2,1-2H3/b17-7+,18-8+. The molecule has 1 amide bonds. The highest BCUT2D eigenvalue weighted by Gasteiger charge is 2.38. The molecular weight excluding hydrogens is 445 g/mol. The van der Waals surface area contributed by atoms with E-state index in [9.17, 15) is 23.1 Å². The number of hydrogen-bond donors (Lipinski definition) is 1. The Morgan fingerprint density at radius 1 is 1.12 bits per heavy atom. The number of allylic oxidation sites excluding steroid dienone is 2. The average molecular weight is 467 g/mol. The lowest BCUT2D eigenvalue weighted by Gasteiger charge is -2.20. The third-order valence-electron chi connectivity index (χ3n) is 4.85. The number of pyridine rings is 1. The number of alkyl halides is 3. The Morgan fingerprint density at radius 3 is 2.44 bits per heavy atom. The van der Waals surface area contributed by atoms with Crippen LogP contribution in [0.5, 0.6) is 5.75 Å². The number of aliphatic hydroxyl groups excluding tert-OH is 1. The van der Waals surface area contributed by atoms with Crippen LogP contribution in [0.15, 0.2) is 59.7 Å². The van der Waals surface area contributed by atoms with Crippen molar-refractivity contribution in [2.75, 3.05) is 0 Å². The van der Waals surface area contributed by atoms with E-state index in [1.54, 1.807) is 18.2 Å². The molecule has 1 atom stereocenters. The van der Waals surface area contributed by atoms with E-state index in [0.29, 0.717) is 29.7 Å². The number of aromatic nitrogens is 1. The fraction of sp³-hybridized carbons (Fsp3) is 0.304. The topological polar surface area (TPSA) is 62.7 Å². The maximum atomic E-state index is 12.8. The molecule has 2 heterocycles. The summed E-state index contributed by atoms with van der Waals surface area (Å²) < 4.78 is 42.3. The fourth-order valence-corrected chi connectivity index (χ4v) is 3.81. The molecule has 3 rings (SSSR count). The number of amides is 1. The number of halogens is 4. The van der Waals surface area contributed by atoms with Crippen LogP contribution >= 0.6 is 11.6 Å². The quantitative estimate of drug-likeness (QED) is 0.442. The molecule has 1 saturated heterocycles. The molecule has 5 nitrogen and oxygen atoms in total. The first-order valence-electron chi connectivity index (χ1n) is 10.1. The highest BCUT2D eigenvalue weighted by atomic mass is 35.5. The summed E-state index contributed by atoms with van der Waals surface area (Å²) >= 11 is 6.29. The smallest absolute Gasteiger partial charge is 0.405 e. The van der Waals surface area contributed by atoms with Crippen LogP contribution in [0.3, 0.4) is 0 Å². The number of hydrogen-bond acceptors (Lipinski definition) is 4. The summed E-state index contributed by atoms with van der Waals surface area (Å²) in [6.45, 7) is 3.80. The van der Waals surface area contributed by atoms with Crippen molar-refractivity contribution in [3.63, 3.8) is 0 Å². The Bertz CT molecular complexity index is 1070. The number of benzene rings is 1. The second-order valence-corrected chi connectivity index (χ2v) is 7.44. The number of nitrogens with zero attached hydrogens (tertiary/aromatic N) is 2. The van der Waals surface area contributed by atoms with Crippen molar-refractivity contribution in [2.24, 2.45) is 0 Å². The largest absolute Gasteiger partial charge is 0.573 e. The number of likely N-dealkylation sites (tertiary alicyclic amines) is 1. The summed E-state index contributed by atoms with van der Waals surface area (Å²) in [4.78, 5) is 18.3. The Morgan fingerprint density at radius 2 is 1.81 bits per heavy atom. The van der Waals surface area contributed by atoms with Crippen LogP contribution in [0.2, 0.25) is 5.15 Å². The average Bonchev–Trinajstić information content (AvgIpc) is 2.93. The van der Waals surface area contributed by atoms with E-state index >= 15 is 0 Å². The molecular formula is C23H22ClF3N2O3. The third-order valence-corrected chi connectivity index (χ3v) is 5.14. The van der Waals surface area contributed by atoms with E-state index in [2.05, 4.69) is 9.72 Å². The number of carbonyl (C=O) groups excluding carboxylic acids is 1. The lowest BCUT2D eigenvalue weighted by molar-refractivity contribution is -0.274. The third kappa shape index (κ3) is 5.14. The SMILES string of the molecule is CC/C=C1/C(=O)N(Cc2ccc(-c3ccccc3OC(F)(F)F)c(Cl)n2)C(O)/C1=C/CC. The van der Waals surface area contributed by atoms with E-state index in [1.165, 1.54) is 29.2 Å². The van der Waals surface area contributed by atoms with Crippen molar-refractivity contribution in [3.8, 4) is 16.9 Å². The molecule has 1 unspecified atom stereocenters. The summed E-state index contributed by atoms with van der Waals surface area (Å²) in [6.07, 6.45) is -1.08. The maximum absolute atomic E-state index is 12.8. The van der Waals surface area contributed by atoms with Crippen molar-refractivity contribution in [1.82, 2.24) is 9.88 Å². The van der Waals surface area contributed by atoms with Gasteiger partial charge in [0.1, 0.15) is 10.9 Å². The number of aliphatic hydroxyl groups is 1. The monoisotopic (exact) mass is 466 g/mol. The summed E-state index contributed by atoms with van der Waals surface area (Å²) in [5, 5.41) is 10.6. The van der Waals surface area contributed by atoms with Gasteiger partial charge in [0.2, 0.25) is 0 Å². The molecule has 0 aliphatic carbocycles. The van der Waals surface area contributed by atoms with Crippen molar-refractivity contribution < 1.29 is 27.8 Å². The van der Waals surface area contributed by atoms with Crippen molar-refractivity contribution >= 4 is 17.5 Å². The normalized spacial score (nSPS) is 19.3. The van der Waals surface area contributed by atoms with Gasteiger partial charge in [-0.1, -0.05) is 55.8 Å². The number of para-hydroxylation sites is 1. The van der Waals surface area contributed by atoms with Gasteiger partial charge in [0.15, 0.2) is 6.23 Å². The zero-order valence-electron chi connectivity index (χ0n) is 17.5. The molecule has 170 valence electrons. The second-order valence-electron chi connectivity index (χ2n) is 7.09. The van der Waals surface area contributed by atoms with E-state index in [1.807, 2.05) is 19.9 Å². The van der Waals surface area contributed by atoms with Gasteiger partial charge < -0.3 is 14.7 Å². The molecule has 0 spiro atoms. The first-order chi connectivity index (χ1) is 15.2. The van der Waals surface area contributed by atoms with Gasteiger partial charge in [0.05, 0.1) is 12.2 Å². The van der Waals surface area contributed by atoms with Crippen molar-refractivity contribution in [2.45, 2.75) is 45.8 Å². The minimum atomic E-state index is -4.85. The second kappa shape index (κ2) is 9.75. The van der Waals surface area contributed by atoms with Crippen LogP contribution in [0, 0.1) is 0 Å². The predicted molar refractivity (Wildman–Crippen MR) is 115 cm³/mol. The summed E-state index contributed by atoms with van der Waals surface area (Å²) in [7, 11) is 0. The van der Waals surface area contributed by atoms with E-state index in [4.69, 9.17) is 11.6 Å². The van der Waals surface area contributed by atoms with Crippen LogP contribution in [0.4, 0.5) is 13.2 Å².